The second-order valence-corrected chi connectivity index (χ2v) is 6.25. The van der Waals surface area contributed by atoms with Gasteiger partial charge < -0.3 is 10.1 Å². The minimum absolute atomic E-state index is 0.204. The van der Waals surface area contributed by atoms with Crippen LogP contribution < -0.4 is 5.32 Å². The van der Waals surface area contributed by atoms with Crippen molar-refractivity contribution in [2.75, 3.05) is 13.2 Å². The predicted octanol–water partition coefficient (Wildman–Crippen LogP) is 2.87. The summed E-state index contributed by atoms with van der Waals surface area (Å²) in [4.78, 5) is 0. The van der Waals surface area contributed by atoms with Gasteiger partial charge in [-0.25, -0.2) is 0 Å². The molecule has 1 spiro atoms. The van der Waals surface area contributed by atoms with E-state index in [1.807, 2.05) is 6.20 Å². The lowest BCUT2D eigenvalue weighted by molar-refractivity contribution is -0.147. The van der Waals surface area contributed by atoms with Crippen LogP contribution in [0.1, 0.15) is 57.1 Å². The summed E-state index contributed by atoms with van der Waals surface area (Å²) in [6.45, 7) is 4.18. The van der Waals surface area contributed by atoms with Gasteiger partial charge in [0.25, 0.3) is 0 Å². The summed E-state index contributed by atoms with van der Waals surface area (Å²) in [6, 6.07) is 2.50. The van der Waals surface area contributed by atoms with E-state index in [0.29, 0.717) is 12.0 Å². The third-order valence-corrected chi connectivity index (χ3v) is 4.85. The Morgan fingerprint density at radius 1 is 1.45 bits per heavy atom. The number of nitrogens with zero attached hydrogens (tertiary/aromatic N) is 2. The summed E-state index contributed by atoms with van der Waals surface area (Å²) < 4.78 is 6.07. The third kappa shape index (κ3) is 2.86. The Bertz CT molecular complexity index is 419. The molecule has 1 N–H and O–H groups in total. The minimum atomic E-state index is 0.204. The average molecular weight is 275 g/mol. The zero-order valence-electron chi connectivity index (χ0n) is 12.3. The molecule has 4 nitrogen and oxygen atoms in total. The van der Waals surface area contributed by atoms with Crippen LogP contribution in [0, 0.1) is 5.92 Å². The van der Waals surface area contributed by atoms with Crippen molar-refractivity contribution in [2.45, 2.75) is 57.1 Å². The van der Waals surface area contributed by atoms with Crippen LogP contribution in [0.15, 0.2) is 18.5 Å². The van der Waals surface area contributed by atoms with Gasteiger partial charge in [-0.1, -0.05) is 6.92 Å². The normalized spacial score (nSPS) is 26.1. The highest BCUT2D eigenvalue weighted by Gasteiger charge is 2.44. The SMILES string of the molecule is CCCNC(c1ccnnc1)C1CCOC2(CCC2)C1. The summed E-state index contributed by atoms with van der Waals surface area (Å²) >= 11 is 0. The molecule has 2 fully saturated rings. The molecule has 2 aliphatic rings. The number of rotatable bonds is 5. The van der Waals surface area contributed by atoms with Gasteiger partial charge in [0.2, 0.25) is 0 Å². The first-order chi connectivity index (χ1) is 9.83. The zero-order chi connectivity index (χ0) is 13.8. The molecule has 0 radical (unpaired) electrons. The molecule has 20 heavy (non-hydrogen) atoms. The summed E-state index contributed by atoms with van der Waals surface area (Å²) in [5.74, 6) is 0.653. The highest BCUT2D eigenvalue weighted by atomic mass is 16.5. The van der Waals surface area contributed by atoms with Gasteiger partial charge in [0.1, 0.15) is 0 Å². The van der Waals surface area contributed by atoms with E-state index in [9.17, 15) is 0 Å². The van der Waals surface area contributed by atoms with Crippen molar-refractivity contribution in [3.63, 3.8) is 0 Å². The Hall–Kier alpha value is -1.00. The molecule has 1 aliphatic heterocycles. The second kappa shape index (κ2) is 6.19. The monoisotopic (exact) mass is 275 g/mol. The van der Waals surface area contributed by atoms with Crippen LogP contribution in [0.2, 0.25) is 0 Å². The largest absolute Gasteiger partial charge is 0.375 e. The van der Waals surface area contributed by atoms with E-state index in [4.69, 9.17) is 4.74 Å². The number of ether oxygens (including phenoxy) is 1. The number of nitrogens with one attached hydrogen (secondary N) is 1. The van der Waals surface area contributed by atoms with Crippen LogP contribution in [0.5, 0.6) is 0 Å². The van der Waals surface area contributed by atoms with Gasteiger partial charge in [-0.05, 0) is 62.6 Å². The van der Waals surface area contributed by atoms with E-state index in [2.05, 4.69) is 28.5 Å². The van der Waals surface area contributed by atoms with E-state index < -0.39 is 0 Å². The average Bonchev–Trinajstić information content (AvgIpc) is 2.47. The molecular weight excluding hydrogens is 250 g/mol. The Kier molecular flexibility index (Phi) is 4.32. The van der Waals surface area contributed by atoms with E-state index in [1.165, 1.54) is 31.2 Å². The molecule has 3 rings (SSSR count). The lowest BCUT2D eigenvalue weighted by Crippen LogP contribution is -2.48. The maximum absolute atomic E-state index is 6.07. The molecule has 1 aliphatic carbocycles. The van der Waals surface area contributed by atoms with Crippen LogP contribution in [0.4, 0.5) is 0 Å². The fourth-order valence-electron chi connectivity index (χ4n) is 3.61. The van der Waals surface area contributed by atoms with Crippen LogP contribution in [0.3, 0.4) is 0 Å². The zero-order valence-corrected chi connectivity index (χ0v) is 12.3. The topological polar surface area (TPSA) is 47.0 Å². The molecule has 2 atom stereocenters. The van der Waals surface area contributed by atoms with Crippen LogP contribution in [-0.2, 0) is 4.74 Å². The van der Waals surface area contributed by atoms with E-state index in [1.54, 1.807) is 6.20 Å². The Morgan fingerprint density at radius 3 is 3.00 bits per heavy atom. The molecular formula is C16H25N3O. The fourth-order valence-corrected chi connectivity index (χ4v) is 3.61. The van der Waals surface area contributed by atoms with Gasteiger partial charge in [-0.3, -0.25) is 0 Å². The van der Waals surface area contributed by atoms with E-state index >= 15 is 0 Å². The Balaban J connectivity index is 1.74. The van der Waals surface area contributed by atoms with Crippen molar-refractivity contribution in [3.05, 3.63) is 24.0 Å². The number of hydrogen-bond acceptors (Lipinski definition) is 4. The summed E-state index contributed by atoms with van der Waals surface area (Å²) in [5, 5.41) is 11.7. The highest BCUT2D eigenvalue weighted by molar-refractivity contribution is 5.14. The molecule has 2 unspecified atom stereocenters. The molecule has 2 heterocycles. The molecule has 1 saturated carbocycles. The third-order valence-electron chi connectivity index (χ3n) is 4.85. The quantitative estimate of drug-likeness (QED) is 0.897. The maximum atomic E-state index is 6.07. The van der Waals surface area contributed by atoms with Gasteiger partial charge in [0.05, 0.1) is 11.8 Å². The first kappa shape index (κ1) is 14.0. The predicted molar refractivity (Wildman–Crippen MR) is 78.3 cm³/mol. The van der Waals surface area contributed by atoms with Crippen molar-refractivity contribution >= 4 is 0 Å². The standard InChI is InChI=1S/C16H25N3O/c1-2-8-17-15(14-4-9-18-19-12-14)13-5-10-20-16(11-13)6-3-7-16/h4,9,12-13,15,17H,2-3,5-8,10-11H2,1H3. The van der Waals surface area contributed by atoms with Gasteiger partial charge in [-0.15, -0.1) is 0 Å². The molecule has 4 heteroatoms. The Labute approximate surface area is 121 Å². The van der Waals surface area contributed by atoms with Gasteiger partial charge in [0, 0.05) is 18.8 Å². The highest BCUT2D eigenvalue weighted by Crippen LogP contribution is 2.47. The first-order valence-electron chi connectivity index (χ1n) is 7.97. The smallest absolute Gasteiger partial charge is 0.0686 e. The van der Waals surface area contributed by atoms with Crippen molar-refractivity contribution in [3.8, 4) is 0 Å². The molecule has 1 aromatic heterocycles. The van der Waals surface area contributed by atoms with Crippen molar-refractivity contribution in [1.82, 2.24) is 15.5 Å². The van der Waals surface area contributed by atoms with Crippen LogP contribution in [0.25, 0.3) is 0 Å². The Morgan fingerprint density at radius 2 is 2.35 bits per heavy atom. The summed E-state index contributed by atoms with van der Waals surface area (Å²) in [5.41, 5.74) is 1.48. The van der Waals surface area contributed by atoms with Crippen molar-refractivity contribution < 1.29 is 4.74 Å². The molecule has 0 aromatic carbocycles. The lowest BCUT2D eigenvalue weighted by Gasteiger charge is -2.49. The van der Waals surface area contributed by atoms with Gasteiger partial charge in [0.15, 0.2) is 0 Å². The molecule has 1 saturated heterocycles. The van der Waals surface area contributed by atoms with E-state index in [0.717, 1.165) is 26.0 Å². The lowest BCUT2D eigenvalue weighted by atomic mass is 9.70. The number of aromatic nitrogens is 2. The van der Waals surface area contributed by atoms with Crippen molar-refractivity contribution in [2.24, 2.45) is 5.92 Å². The fraction of sp³-hybridized carbons (Fsp3) is 0.750. The van der Waals surface area contributed by atoms with Gasteiger partial charge in [-0.2, -0.15) is 10.2 Å². The molecule has 110 valence electrons. The number of hydrogen-bond donors (Lipinski definition) is 1. The molecule has 0 bridgehead atoms. The van der Waals surface area contributed by atoms with Crippen LogP contribution in [-0.4, -0.2) is 29.0 Å². The van der Waals surface area contributed by atoms with Crippen molar-refractivity contribution in [1.29, 1.82) is 0 Å². The maximum Gasteiger partial charge on any atom is 0.0686 e. The summed E-state index contributed by atoms with van der Waals surface area (Å²) in [7, 11) is 0. The van der Waals surface area contributed by atoms with Crippen LogP contribution >= 0.6 is 0 Å². The molecule has 0 amide bonds. The van der Waals surface area contributed by atoms with E-state index in [-0.39, 0.29) is 5.60 Å². The summed E-state index contributed by atoms with van der Waals surface area (Å²) in [6.07, 6.45) is 11.0. The second-order valence-electron chi connectivity index (χ2n) is 6.25. The molecule has 1 aromatic rings. The first-order valence-corrected chi connectivity index (χ1v) is 7.97. The minimum Gasteiger partial charge on any atom is -0.375 e. The van der Waals surface area contributed by atoms with Gasteiger partial charge >= 0.3 is 0 Å².